The van der Waals surface area contributed by atoms with Crippen molar-refractivity contribution in [1.82, 2.24) is 10.2 Å². The first-order chi connectivity index (χ1) is 11.9. The molecule has 0 aliphatic carbocycles. The Morgan fingerprint density at radius 1 is 1.12 bits per heavy atom. The number of hydrogen-bond acceptors (Lipinski definition) is 3. The number of urea groups is 1. The van der Waals surface area contributed by atoms with E-state index in [1.165, 1.54) is 0 Å². The van der Waals surface area contributed by atoms with Crippen LogP contribution in [0.25, 0.3) is 0 Å². The van der Waals surface area contributed by atoms with Crippen molar-refractivity contribution in [2.24, 2.45) is 0 Å². The fraction of sp³-hybridized carbons (Fsp3) is 0.222. The first kappa shape index (κ1) is 17.6. The molecule has 3 rings (SSSR count). The van der Waals surface area contributed by atoms with Gasteiger partial charge in [0.05, 0.1) is 13.7 Å². The minimum absolute atomic E-state index is 0.00271. The van der Waals surface area contributed by atoms with Gasteiger partial charge < -0.3 is 10.1 Å². The molecular weight excluding hydrogens is 363 g/mol. The van der Waals surface area contributed by atoms with Gasteiger partial charge in [0, 0.05) is 15.6 Å². The Balaban J connectivity index is 1.94. The lowest BCUT2D eigenvalue weighted by atomic mass is 9.92. The molecule has 0 aromatic heterocycles. The molecular formula is C18H16Cl2N2O3. The van der Waals surface area contributed by atoms with E-state index in [2.05, 4.69) is 5.32 Å². The fourth-order valence-electron chi connectivity index (χ4n) is 2.81. The van der Waals surface area contributed by atoms with Gasteiger partial charge in [0.15, 0.2) is 0 Å². The number of imide groups is 1. The molecule has 5 nitrogen and oxygen atoms in total. The smallest absolute Gasteiger partial charge is 0.325 e. The van der Waals surface area contributed by atoms with Crippen LogP contribution in [0, 0.1) is 0 Å². The predicted molar refractivity (Wildman–Crippen MR) is 95.9 cm³/mol. The molecule has 0 bridgehead atoms. The lowest BCUT2D eigenvalue weighted by molar-refractivity contribution is -0.131. The van der Waals surface area contributed by atoms with E-state index >= 15 is 0 Å². The summed E-state index contributed by atoms with van der Waals surface area (Å²) in [6, 6.07) is 11.6. The second-order valence-electron chi connectivity index (χ2n) is 5.88. The highest BCUT2D eigenvalue weighted by molar-refractivity contribution is 6.36. The van der Waals surface area contributed by atoms with E-state index in [0.29, 0.717) is 26.9 Å². The minimum Gasteiger partial charge on any atom is -0.497 e. The van der Waals surface area contributed by atoms with Crippen LogP contribution in [0.3, 0.4) is 0 Å². The molecule has 0 saturated carbocycles. The Hall–Kier alpha value is -2.24. The Bertz CT molecular complexity index is 836. The third-order valence-corrected chi connectivity index (χ3v) is 5.01. The van der Waals surface area contributed by atoms with Gasteiger partial charge in [-0.05, 0) is 36.8 Å². The number of ether oxygens (including phenoxy) is 1. The van der Waals surface area contributed by atoms with Crippen molar-refractivity contribution in [3.63, 3.8) is 0 Å². The van der Waals surface area contributed by atoms with E-state index in [1.807, 2.05) is 0 Å². The van der Waals surface area contributed by atoms with E-state index in [-0.39, 0.29) is 12.5 Å². The Labute approximate surface area is 155 Å². The topological polar surface area (TPSA) is 58.6 Å². The van der Waals surface area contributed by atoms with Crippen molar-refractivity contribution >= 4 is 35.1 Å². The average molecular weight is 379 g/mol. The average Bonchev–Trinajstić information content (AvgIpc) is 2.82. The molecule has 0 spiro atoms. The first-order valence-electron chi connectivity index (χ1n) is 7.58. The zero-order valence-electron chi connectivity index (χ0n) is 13.7. The van der Waals surface area contributed by atoms with Crippen molar-refractivity contribution in [2.75, 3.05) is 7.11 Å². The number of halogens is 2. The molecule has 1 atom stereocenters. The summed E-state index contributed by atoms with van der Waals surface area (Å²) >= 11 is 12.3. The summed E-state index contributed by atoms with van der Waals surface area (Å²) in [5, 5.41) is 3.56. The van der Waals surface area contributed by atoms with Crippen LogP contribution >= 0.6 is 23.2 Å². The van der Waals surface area contributed by atoms with E-state index in [0.717, 1.165) is 4.90 Å². The van der Waals surface area contributed by atoms with Crippen molar-refractivity contribution in [3.8, 4) is 5.75 Å². The van der Waals surface area contributed by atoms with Crippen LogP contribution in [0.1, 0.15) is 18.1 Å². The van der Waals surface area contributed by atoms with Crippen LogP contribution in [0.5, 0.6) is 5.75 Å². The maximum absolute atomic E-state index is 13.0. The predicted octanol–water partition coefficient (Wildman–Crippen LogP) is 3.97. The lowest BCUT2D eigenvalue weighted by Crippen LogP contribution is -2.40. The number of carbonyl (C=O) groups is 2. The van der Waals surface area contributed by atoms with Gasteiger partial charge in [-0.15, -0.1) is 0 Å². The number of rotatable bonds is 4. The normalized spacial score (nSPS) is 19.9. The van der Waals surface area contributed by atoms with Crippen LogP contribution in [-0.2, 0) is 16.9 Å². The Morgan fingerprint density at radius 2 is 1.76 bits per heavy atom. The largest absolute Gasteiger partial charge is 0.497 e. The Kier molecular flexibility index (Phi) is 4.62. The number of carbonyl (C=O) groups excluding carboxylic acids is 2. The highest BCUT2D eigenvalue weighted by atomic mass is 35.5. The van der Waals surface area contributed by atoms with Crippen LogP contribution in [0.15, 0.2) is 42.5 Å². The van der Waals surface area contributed by atoms with Crippen molar-refractivity contribution in [2.45, 2.75) is 19.0 Å². The maximum Gasteiger partial charge on any atom is 0.325 e. The molecule has 25 heavy (non-hydrogen) atoms. The first-order valence-corrected chi connectivity index (χ1v) is 8.34. The number of amides is 3. The van der Waals surface area contributed by atoms with Crippen molar-refractivity contribution < 1.29 is 14.3 Å². The number of nitrogens with one attached hydrogen (secondary N) is 1. The summed E-state index contributed by atoms with van der Waals surface area (Å²) in [7, 11) is 1.54. The van der Waals surface area contributed by atoms with Crippen LogP contribution in [-0.4, -0.2) is 23.9 Å². The standard InChI is InChI=1S/C18H16Cl2N2O3/c1-18(11-5-3-6-12(9-11)25-2)16(23)22(17(24)21-18)10-13-14(19)7-4-8-15(13)20/h3-9H,10H2,1-2H3,(H,21,24). The Morgan fingerprint density at radius 3 is 2.40 bits per heavy atom. The van der Waals surface area contributed by atoms with Crippen LogP contribution in [0.4, 0.5) is 4.79 Å². The summed E-state index contributed by atoms with van der Waals surface area (Å²) in [6.07, 6.45) is 0. The van der Waals surface area contributed by atoms with E-state index in [9.17, 15) is 9.59 Å². The number of hydrogen-bond donors (Lipinski definition) is 1. The molecule has 1 aliphatic heterocycles. The fourth-order valence-corrected chi connectivity index (χ4v) is 3.33. The number of nitrogens with zero attached hydrogens (tertiary/aromatic N) is 1. The molecule has 7 heteroatoms. The van der Waals surface area contributed by atoms with Gasteiger partial charge in [0.25, 0.3) is 5.91 Å². The van der Waals surface area contributed by atoms with Gasteiger partial charge in [-0.1, -0.05) is 41.4 Å². The number of methoxy groups -OCH3 is 1. The highest BCUT2D eigenvalue weighted by Crippen LogP contribution is 2.33. The molecule has 1 fully saturated rings. The summed E-state index contributed by atoms with van der Waals surface area (Å²) in [5.41, 5.74) is -0.0125. The summed E-state index contributed by atoms with van der Waals surface area (Å²) < 4.78 is 5.20. The quantitative estimate of drug-likeness (QED) is 0.818. The molecule has 1 N–H and O–H groups in total. The highest BCUT2D eigenvalue weighted by Gasteiger charge is 2.49. The zero-order chi connectivity index (χ0) is 18.2. The lowest BCUT2D eigenvalue weighted by Gasteiger charge is -2.23. The third kappa shape index (κ3) is 3.05. The van der Waals surface area contributed by atoms with E-state index in [1.54, 1.807) is 56.5 Å². The van der Waals surface area contributed by atoms with Gasteiger partial charge in [0.1, 0.15) is 11.3 Å². The van der Waals surface area contributed by atoms with E-state index in [4.69, 9.17) is 27.9 Å². The third-order valence-electron chi connectivity index (χ3n) is 4.30. The van der Waals surface area contributed by atoms with Gasteiger partial charge >= 0.3 is 6.03 Å². The van der Waals surface area contributed by atoms with Gasteiger partial charge in [-0.25, -0.2) is 4.79 Å². The molecule has 130 valence electrons. The van der Waals surface area contributed by atoms with E-state index < -0.39 is 11.6 Å². The molecule has 0 radical (unpaired) electrons. The van der Waals surface area contributed by atoms with Crippen molar-refractivity contribution in [1.29, 1.82) is 0 Å². The van der Waals surface area contributed by atoms with Crippen LogP contribution < -0.4 is 10.1 Å². The summed E-state index contributed by atoms with van der Waals surface area (Å²) in [5.74, 6) is 0.232. The monoisotopic (exact) mass is 378 g/mol. The van der Waals surface area contributed by atoms with Gasteiger partial charge in [-0.2, -0.15) is 0 Å². The maximum atomic E-state index is 13.0. The molecule has 1 aliphatic rings. The van der Waals surface area contributed by atoms with Gasteiger partial charge in [0.2, 0.25) is 0 Å². The minimum atomic E-state index is -1.18. The molecule has 2 aromatic rings. The number of benzene rings is 2. The zero-order valence-corrected chi connectivity index (χ0v) is 15.2. The van der Waals surface area contributed by atoms with Crippen LogP contribution in [0.2, 0.25) is 10.0 Å². The molecule has 1 saturated heterocycles. The molecule has 1 unspecified atom stereocenters. The molecule has 2 aromatic carbocycles. The molecule has 1 heterocycles. The molecule has 3 amide bonds. The summed E-state index contributed by atoms with van der Waals surface area (Å²) in [6.45, 7) is 1.67. The SMILES string of the molecule is COc1cccc(C2(C)NC(=O)N(Cc3c(Cl)cccc3Cl)C2=O)c1. The summed E-state index contributed by atoms with van der Waals surface area (Å²) in [4.78, 5) is 26.5. The van der Waals surface area contributed by atoms with Crippen molar-refractivity contribution in [3.05, 3.63) is 63.6 Å². The second kappa shape index (κ2) is 6.58. The van der Waals surface area contributed by atoms with Gasteiger partial charge in [-0.3, -0.25) is 9.69 Å². The second-order valence-corrected chi connectivity index (χ2v) is 6.69.